The average molecular weight is 712 g/mol. The summed E-state index contributed by atoms with van der Waals surface area (Å²) >= 11 is 3.52. The lowest BCUT2D eigenvalue weighted by Crippen LogP contribution is -2.65. The van der Waals surface area contributed by atoms with Crippen molar-refractivity contribution in [1.29, 1.82) is 0 Å². The lowest BCUT2D eigenvalue weighted by atomic mass is 9.93. The molecule has 0 bridgehead atoms. The highest BCUT2D eigenvalue weighted by Gasteiger charge is 2.56. The van der Waals surface area contributed by atoms with E-state index in [-0.39, 0.29) is 5.88 Å². The second-order valence-corrected chi connectivity index (χ2v) is 16.4. The van der Waals surface area contributed by atoms with Crippen molar-refractivity contribution >= 4 is 50.7 Å². The number of carbonyl (C=O) groups excluding carboxylic acids is 4. The highest BCUT2D eigenvalue weighted by molar-refractivity contribution is 9.10. The molecule has 0 spiro atoms. The Labute approximate surface area is 278 Å². The molecule has 1 fully saturated rings. The van der Waals surface area contributed by atoms with Crippen molar-refractivity contribution in [2.24, 2.45) is 21.7 Å². The first-order valence-electron chi connectivity index (χ1n) is 15.2. The number of esters is 4. The van der Waals surface area contributed by atoms with Gasteiger partial charge in [0.05, 0.1) is 32.6 Å². The van der Waals surface area contributed by atoms with Gasteiger partial charge in [0.1, 0.15) is 12.7 Å². The second kappa shape index (κ2) is 13.5. The van der Waals surface area contributed by atoms with Gasteiger partial charge in [0.25, 0.3) is 0 Å². The first-order chi connectivity index (χ1) is 20.9. The number of hydrogen-bond acceptors (Lipinski definition) is 11. The van der Waals surface area contributed by atoms with Crippen LogP contribution in [0.15, 0.2) is 22.7 Å². The van der Waals surface area contributed by atoms with Crippen LogP contribution in [0, 0.1) is 21.7 Å². The molecule has 46 heavy (non-hydrogen) atoms. The Kier molecular flexibility index (Phi) is 10.9. The third-order valence-electron chi connectivity index (χ3n) is 6.88. The molecule has 0 saturated carbocycles. The van der Waals surface area contributed by atoms with Crippen LogP contribution >= 0.6 is 15.9 Å². The van der Waals surface area contributed by atoms with Gasteiger partial charge in [-0.1, -0.05) is 6.07 Å². The van der Waals surface area contributed by atoms with E-state index in [2.05, 4.69) is 26.1 Å². The minimum Gasteiger partial charge on any atom is -0.462 e. The van der Waals surface area contributed by atoms with Crippen LogP contribution in [-0.2, 0) is 42.9 Å². The highest BCUT2D eigenvalue weighted by Crippen LogP contribution is 2.37. The average Bonchev–Trinajstić information content (AvgIpc) is 3.31. The van der Waals surface area contributed by atoms with Gasteiger partial charge in [0.15, 0.2) is 12.2 Å². The molecular weight excluding hydrogens is 664 g/mol. The minimum atomic E-state index is -1.45. The van der Waals surface area contributed by atoms with Crippen molar-refractivity contribution in [3.8, 4) is 5.88 Å². The van der Waals surface area contributed by atoms with Crippen LogP contribution in [-0.4, -0.2) is 71.4 Å². The Hall–Kier alpha value is -3.19. The summed E-state index contributed by atoms with van der Waals surface area (Å²) in [5, 5.41) is 7.76. The summed E-state index contributed by atoms with van der Waals surface area (Å²) < 4.78 is 36.9. The van der Waals surface area contributed by atoms with E-state index < -0.39 is 82.8 Å². The fourth-order valence-corrected chi connectivity index (χ4v) is 4.52. The van der Waals surface area contributed by atoms with Gasteiger partial charge in [-0.3, -0.25) is 24.3 Å². The van der Waals surface area contributed by atoms with Gasteiger partial charge in [-0.05, 0) is 111 Å². The zero-order valence-corrected chi connectivity index (χ0v) is 30.3. The van der Waals surface area contributed by atoms with E-state index in [1.165, 1.54) is 0 Å². The summed E-state index contributed by atoms with van der Waals surface area (Å²) in [7, 11) is 0. The predicted molar refractivity (Wildman–Crippen MR) is 172 cm³/mol. The third-order valence-corrected chi connectivity index (χ3v) is 7.54. The van der Waals surface area contributed by atoms with E-state index in [1.807, 2.05) is 6.07 Å². The Morgan fingerprint density at radius 2 is 1.22 bits per heavy atom. The van der Waals surface area contributed by atoms with Crippen LogP contribution in [0.4, 0.5) is 0 Å². The molecule has 2 aromatic rings. The van der Waals surface area contributed by atoms with E-state index >= 15 is 0 Å². The number of ether oxygens (including phenoxy) is 6. The van der Waals surface area contributed by atoms with Crippen LogP contribution < -0.4 is 4.74 Å². The highest BCUT2D eigenvalue weighted by atomic mass is 79.9. The van der Waals surface area contributed by atoms with Crippen LogP contribution in [0.25, 0.3) is 10.9 Å². The summed E-state index contributed by atoms with van der Waals surface area (Å²) in [6.45, 7) is 19.6. The van der Waals surface area contributed by atoms with Crippen molar-refractivity contribution in [3.05, 3.63) is 22.7 Å². The molecule has 1 N–H and O–H groups in total. The van der Waals surface area contributed by atoms with Crippen LogP contribution in [0.5, 0.6) is 5.88 Å². The fraction of sp³-hybridized carbons (Fsp3) is 0.667. The van der Waals surface area contributed by atoms with Gasteiger partial charge in [-0.2, -0.15) is 0 Å². The van der Waals surface area contributed by atoms with Crippen molar-refractivity contribution in [1.82, 2.24) is 10.2 Å². The van der Waals surface area contributed by atoms with Gasteiger partial charge in [-0.25, -0.2) is 0 Å². The van der Waals surface area contributed by atoms with E-state index in [0.717, 1.165) is 0 Å². The molecule has 2 heterocycles. The SMILES string of the molecule is CC(C)(C)C(=O)OC[C@H]1O[C@@H](Oc2n[nH]c3cccc(Br)c23)[C@H](OC(=O)C(C)(C)C)[C@@H](OC(=O)C(C)(C)C)[C@@H]1OC(=O)C(C)(C)C. The van der Waals surface area contributed by atoms with Crippen molar-refractivity contribution in [2.75, 3.05) is 6.61 Å². The predicted octanol–water partition coefficient (Wildman–Crippen LogP) is 5.89. The topological polar surface area (TPSA) is 152 Å². The molecule has 0 aliphatic carbocycles. The maximum atomic E-state index is 13.4. The Morgan fingerprint density at radius 3 is 1.72 bits per heavy atom. The first-order valence-corrected chi connectivity index (χ1v) is 16.0. The number of halogens is 1. The molecule has 256 valence electrons. The Bertz CT molecular complexity index is 1440. The minimum absolute atomic E-state index is 0.0979. The molecule has 12 nitrogen and oxygen atoms in total. The van der Waals surface area contributed by atoms with Gasteiger partial charge in [0, 0.05) is 4.47 Å². The number of hydrogen-bond donors (Lipinski definition) is 1. The fourth-order valence-electron chi connectivity index (χ4n) is 3.98. The van der Waals surface area contributed by atoms with E-state index in [1.54, 1.807) is 95.2 Å². The zero-order valence-electron chi connectivity index (χ0n) is 28.7. The van der Waals surface area contributed by atoms with Gasteiger partial charge in [0.2, 0.25) is 18.3 Å². The van der Waals surface area contributed by atoms with Gasteiger partial charge < -0.3 is 28.4 Å². The number of aromatic amines is 1. The summed E-state index contributed by atoms with van der Waals surface area (Å²) in [5.74, 6) is -2.40. The zero-order chi connectivity index (χ0) is 35.0. The Balaban J connectivity index is 2.20. The van der Waals surface area contributed by atoms with Crippen LogP contribution in [0.2, 0.25) is 0 Å². The number of carbonyl (C=O) groups is 4. The number of fused-ring (bicyclic) bond motifs is 1. The number of aromatic nitrogens is 2. The molecule has 1 saturated heterocycles. The van der Waals surface area contributed by atoms with Gasteiger partial charge >= 0.3 is 23.9 Å². The molecule has 0 amide bonds. The first kappa shape index (κ1) is 37.3. The van der Waals surface area contributed by atoms with E-state index in [9.17, 15) is 19.2 Å². The van der Waals surface area contributed by atoms with E-state index in [4.69, 9.17) is 28.4 Å². The summed E-state index contributed by atoms with van der Waals surface area (Å²) in [5.41, 5.74) is -3.17. The summed E-state index contributed by atoms with van der Waals surface area (Å²) in [6, 6.07) is 5.41. The van der Waals surface area contributed by atoms with Crippen molar-refractivity contribution in [2.45, 2.75) is 114 Å². The number of nitrogens with zero attached hydrogens (tertiary/aromatic N) is 1. The lowest BCUT2D eigenvalue weighted by Gasteiger charge is -2.45. The number of rotatable bonds is 7. The molecule has 13 heteroatoms. The smallest absolute Gasteiger partial charge is 0.311 e. The third kappa shape index (κ3) is 8.99. The summed E-state index contributed by atoms with van der Waals surface area (Å²) in [4.78, 5) is 53.0. The quantitative estimate of drug-likeness (QED) is 0.270. The maximum absolute atomic E-state index is 13.4. The molecule has 0 unspecified atom stereocenters. The maximum Gasteiger partial charge on any atom is 0.311 e. The van der Waals surface area contributed by atoms with Crippen molar-refractivity contribution in [3.63, 3.8) is 0 Å². The molecular formula is C33H47BrN2O10. The van der Waals surface area contributed by atoms with Gasteiger partial charge in [-0.15, -0.1) is 5.10 Å². The summed E-state index contributed by atoms with van der Waals surface area (Å²) in [6.07, 6.45) is -6.91. The van der Waals surface area contributed by atoms with Crippen molar-refractivity contribution < 1.29 is 47.6 Å². The number of benzene rings is 1. The van der Waals surface area contributed by atoms with E-state index in [0.29, 0.717) is 15.4 Å². The van der Waals surface area contributed by atoms with Crippen LogP contribution in [0.3, 0.4) is 0 Å². The molecule has 1 aliphatic rings. The molecule has 0 radical (unpaired) electrons. The van der Waals surface area contributed by atoms with Crippen LogP contribution in [0.1, 0.15) is 83.1 Å². The lowest BCUT2D eigenvalue weighted by molar-refractivity contribution is -0.294. The standard InChI is InChI=1S/C33H47BrN2O10/c1-30(2,3)26(37)41-16-19-21(43-27(38)31(4,5)6)22(44-28(39)32(7,8)9)23(45-29(40)33(10,11)12)25(42-19)46-24-20-17(34)14-13-15-18(20)35-36-24/h13-15,19,21-23,25H,16H2,1-12H3,(H,35,36)/t19-,21-,22+,23-,25+/m1/s1. The molecule has 1 aromatic carbocycles. The number of H-pyrrole nitrogens is 1. The molecule has 1 aliphatic heterocycles. The Morgan fingerprint density at radius 1 is 0.739 bits per heavy atom. The monoisotopic (exact) mass is 710 g/mol. The largest absolute Gasteiger partial charge is 0.462 e. The number of nitrogens with one attached hydrogen (secondary N) is 1. The molecule has 5 atom stereocenters. The second-order valence-electron chi connectivity index (χ2n) is 15.6. The normalized spacial score (nSPS) is 22.6. The molecule has 1 aromatic heterocycles. The molecule has 3 rings (SSSR count).